The highest BCUT2D eigenvalue weighted by Crippen LogP contribution is 2.28. The quantitative estimate of drug-likeness (QED) is 0.839. The fourth-order valence-electron chi connectivity index (χ4n) is 2.82. The fraction of sp³-hybridized carbons (Fsp3) is 0.714. The molecule has 0 radical (unpaired) electrons. The van der Waals surface area contributed by atoms with E-state index in [4.69, 9.17) is 11.6 Å². The highest BCUT2D eigenvalue weighted by molar-refractivity contribution is 6.29. The Labute approximate surface area is 119 Å². The summed E-state index contributed by atoms with van der Waals surface area (Å²) in [5.74, 6) is 0.856. The smallest absolute Gasteiger partial charge is 0.144 e. The molecule has 4 nitrogen and oxygen atoms in total. The van der Waals surface area contributed by atoms with Gasteiger partial charge < -0.3 is 5.32 Å². The highest BCUT2D eigenvalue weighted by atomic mass is 35.5. The Balaban J connectivity index is 1.66. The van der Waals surface area contributed by atoms with Crippen molar-refractivity contribution in [2.45, 2.75) is 51.2 Å². The van der Waals surface area contributed by atoms with Crippen molar-refractivity contribution >= 4 is 11.6 Å². The SMILES string of the molecule is Cc1cc(Cl)nc(CN(CC2CCCN2)C2CC2)n1. The van der Waals surface area contributed by atoms with Crippen LogP contribution in [0.25, 0.3) is 0 Å². The molecule has 0 amide bonds. The summed E-state index contributed by atoms with van der Waals surface area (Å²) in [6, 6.07) is 3.18. The first-order valence-corrected chi connectivity index (χ1v) is 7.56. The third kappa shape index (κ3) is 3.65. The Hall–Kier alpha value is -0.710. The van der Waals surface area contributed by atoms with E-state index < -0.39 is 0 Å². The molecule has 1 atom stereocenters. The van der Waals surface area contributed by atoms with E-state index in [1.54, 1.807) is 0 Å². The number of aryl methyl sites for hydroxylation is 1. The predicted octanol–water partition coefficient (Wildman–Crippen LogP) is 2.15. The number of nitrogens with one attached hydrogen (secondary N) is 1. The Morgan fingerprint density at radius 2 is 2.21 bits per heavy atom. The molecule has 1 aromatic rings. The van der Waals surface area contributed by atoms with Gasteiger partial charge in [-0.1, -0.05) is 11.6 Å². The van der Waals surface area contributed by atoms with Crippen molar-refractivity contribution in [1.29, 1.82) is 0 Å². The zero-order chi connectivity index (χ0) is 13.2. The van der Waals surface area contributed by atoms with Gasteiger partial charge in [0.15, 0.2) is 0 Å². The lowest BCUT2D eigenvalue weighted by Gasteiger charge is -2.24. The van der Waals surface area contributed by atoms with Gasteiger partial charge in [-0.3, -0.25) is 4.90 Å². The molecule has 1 saturated carbocycles. The van der Waals surface area contributed by atoms with Gasteiger partial charge in [0, 0.05) is 24.3 Å². The van der Waals surface area contributed by atoms with Crippen molar-refractivity contribution in [3.05, 3.63) is 22.7 Å². The van der Waals surface area contributed by atoms with Crippen LogP contribution in [0.5, 0.6) is 0 Å². The van der Waals surface area contributed by atoms with Crippen molar-refractivity contribution < 1.29 is 0 Å². The van der Waals surface area contributed by atoms with E-state index in [0.29, 0.717) is 11.2 Å². The summed E-state index contributed by atoms with van der Waals surface area (Å²) >= 11 is 6.02. The second kappa shape index (κ2) is 5.73. The van der Waals surface area contributed by atoms with Crippen molar-refractivity contribution in [3.63, 3.8) is 0 Å². The summed E-state index contributed by atoms with van der Waals surface area (Å²) in [4.78, 5) is 11.4. The van der Waals surface area contributed by atoms with E-state index in [9.17, 15) is 0 Å². The molecule has 1 aliphatic carbocycles. The van der Waals surface area contributed by atoms with Crippen LogP contribution in [0.1, 0.15) is 37.2 Å². The van der Waals surface area contributed by atoms with Gasteiger partial charge in [0.05, 0.1) is 6.54 Å². The largest absolute Gasteiger partial charge is 0.313 e. The molecule has 2 fully saturated rings. The molecule has 19 heavy (non-hydrogen) atoms. The minimum absolute atomic E-state index is 0.553. The minimum Gasteiger partial charge on any atom is -0.313 e. The molecule has 0 spiro atoms. The molecule has 104 valence electrons. The summed E-state index contributed by atoms with van der Waals surface area (Å²) in [5, 5.41) is 4.12. The zero-order valence-electron chi connectivity index (χ0n) is 11.4. The molecule has 1 aromatic heterocycles. The molecule has 2 heterocycles. The van der Waals surface area contributed by atoms with Crippen LogP contribution in [0.4, 0.5) is 0 Å². The summed E-state index contributed by atoms with van der Waals surface area (Å²) in [6.45, 7) is 5.07. The molecule has 1 aliphatic heterocycles. The number of hydrogen-bond acceptors (Lipinski definition) is 4. The monoisotopic (exact) mass is 280 g/mol. The van der Waals surface area contributed by atoms with Gasteiger partial charge in [0.2, 0.25) is 0 Å². The minimum atomic E-state index is 0.553. The lowest BCUT2D eigenvalue weighted by Crippen LogP contribution is -2.38. The molecule has 1 unspecified atom stereocenters. The third-order valence-electron chi connectivity index (χ3n) is 3.89. The van der Waals surface area contributed by atoms with E-state index >= 15 is 0 Å². The van der Waals surface area contributed by atoms with Gasteiger partial charge in [-0.15, -0.1) is 0 Å². The average Bonchev–Trinajstić information content (AvgIpc) is 3.06. The average molecular weight is 281 g/mol. The Bertz CT molecular complexity index is 421. The van der Waals surface area contributed by atoms with Crippen molar-refractivity contribution in [1.82, 2.24) is 20.2 Å². The molecule has 3 rings (SSSR count). The topological polar surface area (TPSA) is 41.1 Å². The number of halogens is 1. The second-order valence-electron chi connectivity index (χ2n) is 5.70. The maximum absolute atomic E-state index is 6.02. The second-order valence-corrected chi connectivity index (χ2v) is 6.09. The normalized spacial score (nSPS) is 23.2. The molecule has 1 N–H and O–H groups in total. The van der Waals surface area contributed by atoms with Crippen LogP contribution in [0, 0.1) is 6.92 Å². The third-order valence-corrected chi connectivity index (χ3v) is 4.09. The number of hydrogen-bond donors (Lipinski definition) is 1. The summed E-state index contributed by atoms with van der Waals surface area (Å²) < 4.78 is 0. The van der Waals surface area contributed by atoms with Crippen molar-refractivity contribution in [2.24, 2.45) is 0 Å². The van der Waals surface area contributed by atoms with Crippen LogP contribution in [-0.2, 0) is 6.54 Å². The fourth-order valence-corrected chi connectivity index (χ4v) is 3.07. The summed E-state index contributed by atoms with van der Waals surface area (Å²) in [5.41, 5.74) is 0.949. The Morgan fingerprint density at radius 1 is 1.37 bits per heavy atom. The standard InChI is InChI=1S/C14H21ClN4/c1-10-7-13(15)18-14(17-10)9-19(12-4-5-12)8-11-3-2-6-16-11/h7,11-12,16H,2-6,8-9H2,1H3. The molecule has 1 saturated heterocycles. The zero-order valence-corrected chi connectivity index (χ0v) is 12.2. The van der Waals surface area contributed by atoms with Gasteiger partial charge >= 0.3 is 0 Å². The Morgan fingerprint density at radius 3 is 2.84 bits per heavy atom. The lowest BCUT2D eigenvalue weighted by molar-refractivity contribution is 0.225. The summed E-state index contributed by atoms with van der Waals surface area (Å²) in [6.07, 6.45) is 5.22. The molecular formula is C14H21ClN4. The van der Waals surface area contributed by atoms with Crippen LogP contribution in [0.2, 0.25) is 5.15 Å². The van der Waals surface area contributed by atoms with Crippen molar-refractivity contribution in [3.8, 4) is 0 Å². The van der Waals surface area contributed by atoms with Gasteiger partial charge in [0.1, 0.15) is 11.0 Å². The first kappa shape index (κ1) is 13.3. The predicted molar refractivity (Wildman–Crippen MR) is 76.2 cm³/mol. The van der Waals surface area contributed by atoms with Crippen LogP contribution in [0.3, 0.4) is 0 Å². The molecule has 0 aromatic carbocycles. The van der Waals surface area contributed by atoms with Gasteiger partial charge in [-0.05, 0) is 45.2 Å². The highest BCUT2D eigenvalue weighted by Gasteiger charge is 2.31. The van der Waals surface area contributed by atoms with E-state index in [-0.39, 0.29) is 0 Å². The van der Waals surface area contributed by atoms with E-state index in [2.05, 4.69) is 20.2 Å². The maximum Gasteiger partial charge on any atom is 0.144 e. The lowest BCUT2D eigenvalue weighted by atomic mass is 10.2. The van der Waals surface area contributed by atoms with Crippen molar-refractivity contribution in [2.75, 3.05) is 13.1 Å². The first-order chi connectivity index (χ1) is 9.20. The van der Waals surface area contributed by atoms with Gasteiger partial charge in [0.25, 0.3) is 0 Å². The van der Waals surface area contributed by atoms with Crippen LogP contribution < -0.4 is 5.32 Å². The molecule has 5 heteroatoms. The molecule has 2 aliphatic rings. The number of aromatic nitrogens is 2. The van der Waals surface area contributed by atoms with Gasteiger partial charge in [-0.25, -0.2) is 9.97 Å². The van der Waals surface area contributed by atoms with Crippen LogP contribution in [0.15, 0.2) is 6.07 Å². The molecular weight excluding hydrogens is 260 g/mol. The Kier molecular flexibility index (Phi) is 4.01. The molecule has 0 bridgehead atoms. The summed E-state index contributed by atoms with van der Waals surface area (Å²) in [7, 11) is 0. The number of nitrogens with zero attached hydrogens (tertiary/aromatic N) is 3. The van der Waals surface area contributed by atoms with E-state index in [1.807, 2.05) is 13.0 Å². The first-order valence-electron chi connectivity index (χ1n) is 7.18. The van der Waals surface area contributed by atoms with Gasteiger partial charge in [-0.2, -0.15) is 0 Å². The number of rotatable bonds is 5. The maximum atomic E-state index is 6.02. The van der Waals surface area contributed by atoms with E-state index in [1.165, 1.54) is 25.7 Å². The van der Waals surface area contributed by atoms with E-state index in [0.717, 1.165) is 37.2 Å². The van der Waals surface area contributed by atoms with Crippen LogP contribution in [-0.4, -0.2) is 40.0 Å². The van der Waals surface area contributed by atoms with Crippen LogP contribution >= 0.6 is 11.6 Å².